The first-order chi connectivity index (χ1) is 12.3. The second-order valence-electron chi connectivity index (χ2n) is 6.54. The molecule has 3 rings (SSSR count). The maximum absolute atomic E-state index is 14.3. The zero-order valence-electron chi connectivity index (χ0n) is 14.0. The lowest BCUT2D eigenvalue weighted by atomic mass is 9.90. The molecule has 1 unspecified atom stereocenters. The number of hydrogen-bond acceptors (Lipinski definition) is 3. The van der Waals surface area contributed by atoms with Gasteiger partial charge in [0.05, 0.1) is 5.41 Å². The van der Waals surface area contributed by atoms with Crippen LogP contribution in [0.3, 0.4) is 0 Å². The van der Waals surface area contributed by atoms with Crippen molar-refractivity contribution in [1.82, 2.24) is 4.90 Å². The number of ether oxygens (including phenoxy) is 1. The van der Waals surface area contributed by atoms with Crippen molar-refractivity contribution < 1.29 is 23.8 Å². The van der Waals surface area contributed by atoms with Gasteiger partial charge in [-0.15, -0.1) is 0 Å². The van der Waals surface area contributed by atoms with Gasteiger partial charge >= 0.3 is 5.97 Å². The smallest absolute Gasteiger partial charge is 0.311 e. The molecule has 26 heavy (non-hydrogen) atoms. The van der Waals surface area contributed by atoms with Crippen LogP contribution in [0.25, 0.3) is 0 Å². The minimum Gasteiger partial charge on any atom is -0.481 e. The van der Waals surface area contributed by atoms with Gasteiger partial charge in [-0.25, -0.2) is 4.39 Å². The summed E-state index contributed by atoms with van der Waals surface area (Å²) < 4.78 is 19.8. The highest BCUT2D eigenvalue weighted by Gasteiger charge is 2.42. The second kappa shape index (κ2) is 6.96. The molecule has 0 spiro atoms. The Balaban J connectivity index is 1.74. The SMILES string of the molecule is CC1(C(=O)O)CCN(C(=O)c2ccc(Oc3ccc(Cl)cc3)c(F)c2)C1. The number of benzene rings is 2. The highest BCUT2D eigenvalue weighted by Crippen LogP contribution is 2.32. The monoisotopic (exact) mass is 377 g/mol. The van der Waals surface area contributed by atoms with E-state index >= 15 is 0 Å². The molecule has 1 saturated heterocycles. The van der Waals surface area contributed by atoms with Gasteiger partial charge in [-0.3, -0.25) is 9.59 Å². The molecule has 1 aliphatic heterocycles. The van der Waals surface area contributed by atoms with Crippen molar-refractivity contribution in [2.45, 2.75) is 13.3 Å². The van der Waals surface area contributed by atoms with E-state index in [9.17, 15) is 19.1 Å². The molecule has 0 saturated carbocycles. The molecule has 1 N–H and O–H groups in total. The molecule has 5 nitrogen and oxygen atoms in total. The number of amides is 1. The number of likely N-dealkylation sites (tertiary alicyclic amines) is 1. The molecule has 2 aromatic carbocycles. The first-order valence-electron chi connectivity index (χ1n) is 8.04. The summed E-state index contributed by atoms with van der Waals surface area (Å²) in [5.74, 6) is -1.60. The number of carboxylic acid groups (broad SMARTS) is 1. The summed E-state index contributed by atoms with van der Waals surface area (Å²) in [4.78, 5) is 25.3. The zero-order chi connectivity index (χ0) is 18.9. The average Bonchev–Trinajstić information content (AvgIpc) is 3.02. The highest BCUT2D eigenvalue weighted by molar-refractivity contribution is 6.30. The summed E-state index contributed by atoms with van der Waals surface area (Å²) in [6.07, 6.45) is 0.369. The predicted octanol–water partition coefficient (Wildman–Crippen LogP) is 4.21. The first kappa shape index (κ1) is 18.2. The largest absolute Gasteiger partial charge is 0.481 e. The molecule has 7 heteroatoms. The summed E-state index contributed by atoms with van der Waals surface area (Å²) >= 11 is 5.79. The predicted molar refractivity (Wildman–Crippen MR) is 94.2 cm³/mol. The van der Waals surface area contributed by atoms with E-state index < -0.39 is 23.1 Å². The van der Waals surface area contributed by atoms with Crippen LogP contribution in [0, 0.1) is 11.2 Å². The second-order valence-corrected chi connectivity index (χ2v) is 6.98. The van der Waals surface area contributed by atoms with E-state index in [4.69, 9.17) is 16.3 Å². The number of halogens is 2. The number of rotatable bonds is 4. The Bertz CT molecular complexity index is 855. The van der Waals surface area contributed by atoms with Crippen LogP contribution in [-0.2, 0) is 4.79 Å². The third-order valence-electron chi connectivity index (χ3n) is 4.50. The van der Waals surface area contributed by atoms with Gasteiger partial charge < -0.3 is 14.7 Å². The Labute approximate surface area is 154 Å². The molecule has 1 aliphatic rings. The summed E-state index contributed by atoms with van der Waals surface area (Å²) in [7, 11) is 0. The normalized spacial score (nSPS) is 19.4. The number of carbonyl (C=O) groups excluding carboxylic acids is 1. The Morgan fingerprint density at radius 3 is 2.50 bits per heavy atom. The average molecular weight is 378 g/mol. The van der Waals surface area contributed by atoms with Gasteiger partial charge in [0.25, 0.3) is 5.91 Å². The number of hydrogen-bond donors (Lipinski definition) is 1. The van der Waals surface area contributed by atoms with Gasteiger partial charge in [-0.1, -0.05) is 11.6 Å². The Morgan fingerprint density at radius 2 is 1.92 bits per heavy atom. The van der Waals surface area contributed by atoms with Crippen LogP contribution in [-0.4, -0.2) is 35.0 Å². The van der Waals surface area contributed by atoms with Crippen molar-refractivity contribution in [3.05, 3.63) is 58.9 Å². The lowest BCUT2D eigenvalue weighted by Crippen LogP contribution is -2.34. The highest BCUT2D eigenvalue weighted by atomic mass is 35.5. The minimum absolute atomic E-state index is 0.0133. The van der Waals surface area contributed by atoms with Crippen LogP contribution in [0.1, 0.15) is 23.7 Å². The van der Waals surface area contributed by atoms with Crippen molar-refractivity contribution in [2.75, 3.05) is 13.1 Å². The van der Waals surface area contributed by atoms with Crippen LogP contribution < -0.4 is 4.74 Å². The Hall–Kier alpha value is -2.60. The lowest BCUT2D eigenvalue weighted by Gasteiger charge is -2.20. The summed E-state index contributed by atoms with van der Waals surface area (Å²) in [6, 6.07) is 10.4. The maximum Gasteiger partial charge on any atom is 0.311 e. The van der Waals surface area contributed by atoms with Gasteiger partial charge in [-0.2, -0.15) is 0 Å². The van der Waals surface area contributed by atoms with Gasteiger partial charge in [0, 0.05) is 23.7 Å². The molecular weight excluding hydrogens is 361 g/mol. The van der Waals surface area contributed by atoms with E-state index in [1.54, 1.807) is 31.2 Å². The third kappa shape index (κ3) is 3.65. The molecule has 1 heterocycles. The summed E-state index contributed by atoms with van der Waals surface area (Å²) in [5.41, 5.74) is -0.813. The van der Waals surface area contributed by atoms with Crippen LogP contribution >= 0.6 is 11.6 Å². The molecule has 136 valence electrons. The summed E-state index contributed by atoms with van der Waals surface area (Å²) in [6.45, 7) is 2.03. The van der Waals surface area contributed by atoms with E-state index in [1.165, 1.54) is 17.0 Å². The van der Waals surface area contributed by atoms with Crippen molar-refractivity contribution in [3.8, 4) is 11.5 Å². The Morgan fingerprint density at radius 1 is 1.23 bits per heavy atom. The van der Waals surface area contributed by atoms with Crippen molar-refractivity contribution in [3.63, 3.8) is 0 Å². The van der Waals surface area contributed by atoms with Crippen LogP contribution in [0.5, 0.6) is 11.5 Å². The van der Waals surface area contributed by atoms with E-state index in [0.717, 1.165) is 6.07 Å². The molecule has 0 radical (unpaired) electrons. The molecule has 1 fully saturated rings. The topological polar surface area (TPSA) is 66.8 Å². The van der Waals surface area contributed by atoms with Gasteiger partial charge in [-0.05, 0) is 55.8 Å². The van der Waals surface area contributed by atoms with Crippen molar-refractivity contribution in [2.24, 2.45) is 5.41 Å². The number of nitrogens with zero attached hydrogens (tertiary/aromatic N) is 1. The van der Waals surface area contributed by atoms with E-state index in [-0.39, 0.29) is 17.9 Å². The molecule has 2 aromatic rings. The van der Waals surface area contributed by atoms with Gasteiger partial charge in [0.15, 0.2) is 11.6 Å². The molecular formula is C19H17ClFNO4. The maximum atomic E-state index is 14.3. The Kier molecular flexibility index (Phi) is 4.87. The standard InChI is InChI=1S/C19H17ClFNO4/c1-19(18(24)25)8-9-22(11-19)17(23)12-2-7-16(15(21)10-12)26-14-5-3-13(20)4-6-14/h2-7,10H,8-9,11H2,1H3,(H,24,25). The van der Waals surface area contributed by atoms with E-state index in [2.05, 4.69) is 0 Å². The number of carboxylic acids is 1. The molecule has 0 aromatic heterocycles. The van der Waals surface area contributed by atoms with Crippen LogP contribution in [0.15, 0.2) is 42.5 Å². The fourth-order valence-electron chi connectivity index (χ4n) is 2.84. The van der Waals surface area contributed by atoms with Crippen LogP contribution in [0.2, 0.25) is 5.02 Å². The minimum atomic E-state index is -0.966. The van der Waals surface area contributed by atoms with E-state index in [0.29, 0.717) is 23.7 Å². The van der Waals surface area contributed by atoms with Gasteiger partial charge in [0.2, 0.25) is 0 Å². The zero-order valence-corrected chi connectivity index (χ0v) is 14.8. The fourth-order valence-corrected chi connectivity index (χ4v) is 2.96. The molecule has 1 atom stereocenters. The molecule has 0 aliphatic carbocycles. The number of carbonyl (C=O) groups is 2. The molecule has 0 bridgehead atoms. The van der Waals surface area contributed by atoms with Crippen molar-refractivity contribution in [1.29, 1.82) is 0 Å². The van der Waals surface area contributed by atoms with Crippen molar-refractivity contribution >= 4 is 23.5 Å². The fraction of sp³-hybridized carbons (Fsp3) is 0.263. The lowest BCUT2D eigenvalue weighted by molar-refractivity contribution is -0.147. The number of aliphatic carboxylic acids is 1. The third-order valence-corrected chi connectivity index (χ3v) is 4.75. The summed E-state index contributed by atoms with van der Waals surface area (Å²) in [5, 5.41) is 9.80. The molecule has 1 amide bonds. The quantitative estimate of drug-likeness (QED) is 0.866. The van der Waals surface area contributed by atoms with Crippen LogP contribution in [0.4, 0.5) is 4.39 Å². The van der Waals surface area contributed by atoms with E-state index in [1.807, 2.05) is 0 Å². The van der Waals surface area contributed by atoms with Gasteiger partial charge in [0.1, 0.15) is 5.75 Å². The first-order valence-corrected chi connectivity index (χ1v) is 8.42.